The summed E-state index contributed by atoms with van der Waals surface area (Å²) < 4.78 is 43.3. The fraction of sp³-hybridized carbons (Fsp3) is 0.440. The number of rotatable bonds is 4. The van der Waals surface area contributed by atoms with Crippen molar-refractivity contribution in [3.8, 4) is 0 Å². The summed E-state index contributed by atoms with van der Waals surface area (Å²) in [5.41, 5.74) is 2.71. The van der Waals surface area contributed by atoms with E-state index in [0.29, 0.717) is 29.3 Å². The molecule has 3 aromatic rings. The summed E-state index contributed by atoms with van der Waals surface area (Å²) in [6.45, 7) is 1.79. The highest BCUT2D eigenvalue weighted by Crippen LogP contribution is 2.54. The van der Waals surface area contributed by atoms with Crippen LogP contribution in [0.25, 0.3) is 11.0 Å². The van der Waals surface area contributed by atoms with Crippen LogP contribution in [0.15, 0.2) is 40.9 Å². The molecule has 2 aromatic carbocycles. The van der Waals surface area contributed by atoms with Crippen molar-refractivity contribution in [1.82, 2.24) is 9.55 Å². The number of nitrogens with zero attached hydrogens (tertiary/aromatic N) is 3. The average Bonchev–Trinajstić information content (AvgIpc) is 3.73. The van der Waals surface area contributed by atoms with Crippen LogP contribution in [-0.2, 0) is 6.18 Å². The smallest absolute Gasteiger partial charge is 0.371 e. The Labute approximate surface area is 203 Å². The number of carbonyl (C=O) groups is 1. The Bertz CT molecular complexity index is 1280. The summed E-state index contributed by atoms with van der Waals surface area (Å²) in [6.07, 6.45) is 1.68. The number of fused-ring (bicyclic) bond motifs is 1. The molecule has 0 unspecified atom stereocenters. The number of anilines is 2. The Morgan fingerprint density at radius 2 is 1.82 bits per heavy atom. The van der Waals surface area contributed by atoms with Crippen molar-refractivity contribution in [3.05, 3.63) is 52.3 Å². The molecule has 1 spiro atoms. The second-order valence-electron chi connectivity index (χ2n) is 9.81. The van der Waals surface area contributed by atoms with E-state index < -0.39 is 12.0 Å². The normalized spacial score (nSPS) is 19.6. The van der Waals surface area contributed by atoms with Gasteiger partial charge in [-0.1, -0.05) is 22.0 Å². The largest absolute Gasteiger partial charge is 0.449 e. The zero-order chi connectivity index (χ0) is 23.7. The maximum absolute atomic E-state index is 13.7. The van der Waals surface area contributed by atoms with E-state index in [1.807, 2.05) is 12.1 Å². The summed E-state index contributed by atoms with van der Waals surface area (Å²) >= 11 is 3.52. The van der Waals surface area contributed by atoms with Gasteiger partial charge in [-0.05, 0) is 74.3 Å². The number of benzene rings is 2. The summed E-state index contributed by atoms with van der Waals surface area (Å²) in [4.78, 5) is 19.6. The van der Waals surface area contributed by atoms with Gasteiger partial charge in [-0.15, -0.1) is 0 Å². The van der Waals surface area contributed by atoms with E-state index in [1.54, 1.807) is 24.3 Å². The number of hydrogen-bond donors (Lipinski definition) is 1. The quantitative estimate of drug-likeness (QED) is 0.402. The van der Waals surface area contributed by atoms with E-state index in [0.717, 1.165) is 36.1 Å². The number of carbonyl (C=O) groups excluding carboxylic acids is 1. The summed E-state index contributed by atoms with van der Waals surface area (Å²) in [6, 6.07) is 10.2. The number of para-hydroxylation sites is 1. The first-order chi connectivity index (χ1) is 16.2. The first-order valence-corrected chi connectivity index (χ1v) is 12.5. The molecule has 2 saturated carbocycles. The molecule has 3 fully saturated rings. The van der Waals surface area contributed by atoms with Crippen LogP contribution in [0.4, 0.5) is 24.5 Å². The van der Waals surface area contributed by atoms with E-state index in [1.165, 1.54) is 17.4 Å². The molecular weight excluding hydrogens is 509 g/mol. The lowest BCUT2D eigenvalue weighted by molar-refractivity contribution is -0.147. The molecular formula is C25H24BrF3N4O. The lowest BCUT2D eigenvalue weighted by Gasteiger charge is -2.35. The van der Waals surface area contributed by atoms with Crippen LogP contribution in [0.5, 0.6) is 0 Å². The van der Waals surface area contributed by atoms with Crippen molar-refractivity contribution < 1.29 is 18.0 Å². The Hall–Kier alpha value is -2.55. The van der Waals surface area contributed by atoms with Gasteiger partial charge in [-0.3, -0.25) is 4.79 Å². The highest BCUT2D eigenvalue weighted by Gasteiger charge is 2.45. The molecule has 3 aliphatic rings. The first-order valence-electron chi connectivity index (χ1n) is 11.7. The molecule has 6 rings (SSSR count). The Morgan fingerprint density at radius 1 is 1.09 bits per heavy atom. The van der Waals surface area contributed by atoms with Crippen LogP contribution in [0.1, 0.15) is 60.7 Å². The number of amides is 1. The second kappa shape index (κ2) is 7.73. The van der Waals surface area contributed by atoms with E-state index >= 15 is 0 Å². The molecule has 1 saturated heterocycles. The minimum absolute atomic E-state index is 0.169. The highest BCUT2D eigenvalue weighted by molar-refractivity contribution is 9.10. The monoisotopic (exact) mass is 532 g/mol. The molecule has 2 aliphatic carbocycles. The van der Waals surface area contributed by atoms with Crippen LogP contribution in [0.3, 0.4) is 0 Å². The minimum atomic E-state index is -4.56. The van der Waals surface area contributed by atoms with Gasteiger partial charge >= 0.3 is 6.18 Å². The van der Waals surface area contributed by atoms with Gasteiger partial charge < -0.3 is 14.8 Å². The van der Waals surface area contributed by atoms with Gasteiger partial charge in [0.05, 0.1) is 22.5 Å². The minimum Gasteiger partial charge on any atom is -0.371 e. The molecule has 1 aliphatic heterocycles. The highest BCUT2D eigenvalue weighted by atomic mass is 79.9. The summed E-state index contributed by atoms with van der Waals surface area (Å²) in [5, 5.41) is 2.86. The van der Waals surface area contributed by atoms with Crippen molar-refractivity contribution in [2.45, 2.75) is 50.7 Å². The maximum atomic E-state index is 13.7. The van der Waals surface area contributed by atoms with Crippen LogP contribution < -0.4 is 10.2 Å². The molecule has 178 valence electrons. The van der Waals surface area contributed by atoms with E-state index in [2.05, 4.69) is 31.1 Å². The third-order valence-electron chi connectivity index (χ3n) is 7.46. The van der Waals surface area contributed by atoms with Gasteiger partial charge in [-0.2, -0.15) is 13.2 Å². The lowest BCUT2D eigenvalue weighted by atomic mass is 9.93. The topological polar surface area (TPSA) is 50.2 Å². The van der Waals surface area contributed by atoms with Gasteiger partial charge in [-0.25, -0.2) is 4.98 Å². The molecule has 2 heterocycles. The number of nitrogens with one attached hydrogen (secondary N) is 1. The van der Waals surface area contributed by atoms with Crippen molar-refractivity contribution in [3.63, 3.8) is 0 Å². The van der Waals surface area contributed by atoms with Crippen molar-refractivity contribution >= 4 is 44.2 Å². The maximum Gasteiger partial charge on any atom is 0.449 e. The van der Waals surface area contributed by atoms with Gasteiger partial charge in [0.1, 0.15) is 5.52 Å². The number of hydrogen-bond acceptors (Lipinski definition) is 3. The number of alkyl halides is 3. The van der Waals surface area contributed by atoms with E-state index in [-0.39, 0.29) is 23.2 Å². The van der Waals surface area contributed by atoms with Gasteiger partial charge in [0, 0.05) is 23.6 Å². The molecule has 0 radical (unpaired) electrons. The van der Waals surface area contributed by atoms with Crippen LogP contribution >= 0.6 is 15.9 Å². The molecule has 1 N–H and O–H groups in total. The molecule has 1 aromatic heterocycles. The second-order valence-corrected chi connectivity index (χ2v) is 10.7. The number of halogens is 4. The first kappa shape index (κ1) is 21.9. The van der Waals surface area contributed by atoms with Crippen molar-refractivity contribution in [2.75, 3.05) is 23.3 Å². The van der Waals surface area contributed by atoms with Crippen LogP contribution in [0, 0.1) is 5.41 Å². The summed E-state index contributed by atoms with van der Waals surface area (Å²) in [7, 11) is 0. The molecule has 34 heavy (non-hydrogen) atoms. The number of aromatic nitrogens is 2. The van der Waals surface area contributed by atoms with Gasteiger partial charge in [0.25, 0.3) is 5.91 Å². The predicted octanol–water partition coefficient (Wildman–Crippen LogP) is 6.79. The molecule has 0 bridgehead atoms. The summed E-state index contributed by atoms with van der Waals surface area (Å²) in [5.74, 6) is -1.26. The zero-order valence-electron chi connectivity index (χ0n) is 18.5. The van der Waals surface area contributed by atoms with Crippen LogP contribution in [0.2, 0.25) is 0 Å². The third kappa shape index (κ3) is 3.87. The SMILES string of the molecule is O=C(Nc1cccc2c1nc(C(F)(F)F)n2C1CC1)c1ccc(Br)cc1N1CCC2(CC1)CC2. The number of piperidine rings is 1. The van der Waals surface area contributed by atoms with E-state index in [4.69, 9.17) is 0 Å². The fourth-order valence-corrected chi connectivity index (χ4v) is 5.52. The van der Waals surface area contributed by atoms with Crippen molar-refractivity contribution in [2.24, 2.45) is 5.41 Å². The lowest BCUT2D eigenvalue weighted by Crippen LogP contribution is -2.35. The van der Waals surface area contributed by atoms with Gasteiger partial charge in [0.15, 0.2) is 0 Å². The number of imidazole rings is 1. The van der Waals surface area contributed by atoms with Crippen LogP contribution in [-0.4, -0.2) is 28.5 Å². The standard InChI is InChI=1S/C25H24BrF3N4O/c26-15-4-7-17(20(14-15)32-12-10-24(8-9-24)11-13-32)22(34)30-18-2-1-3-19-21(18)31-23(25(27,28)29)33(19)16-5-6-16/h1-4,7,14,16H,5-6,8-13H2,(H,30,34). The zero-order valence-corrected chi connectivity index (χ0v) is 20.0. The van der Waals surface area contributed by atoms with Gasteiger partial charge in [0.2, 0.25) is 5.82 Å². The average molecular weight is 533 g/mol. The predicted molar refractivity (Wildman–Crippen MR) is 128 cm³/mol. The van der Waals surface area contributed by atoms with E-state index in [9.17, 15) is 18.0 Å². The third-order valence-corrected chi connectivity index (χ3v) is 7.95. The fourth-order valence-electron chi connectivity index (χ4n) is 5.17. The molecule has 0 atom stereocenters. The Kier molecular flexibility index (Phi) is 4.99. The Balaban J connectivity index is 1.34. The molecule has 5 nitrogen and oxygen atoms in total. The molecule has 1 amide bonds. The molecule has 9 heteroatoms. The van der Waals surface area contributed by atoms with Crippen molar-refractivity contribution in [1.29, 1.82) is 0 Å². The Morgan fingerprint density at radius 3 is 2.47 bits per heavy atom.